The van der Waals surface area contributed by atoms with Gasteiger partial charge in [0.05, 0.1) is 17.5 Å². The Kier molecular flexibility index (Phi) is 7.41. The van der Waals surface area contributed by atoms with Crippen LogP contribution < -0.4 is 27.2 Å². The molecule has 11 heteroatoms. The number of H-pyrrole nitrogens is 1. The van der Waals surface area contributed by atoms with Crippen molar-refractivity contribution in [2.45, 2.75) is 43.4 Å². The first-order valence-corrected chi connectivity index (χ1v) is 11.2. The van der Waals surface area contributed by atoms with Crippen LogP contribution in [0.5, 0.6) is 0 Å². The molecule has 2 aromatic rings. The number of hydrogen-bond donors (Lipinski definition) is 3. The van der Waals surface area contributed by atoms with E-state index in [0.29, 0.717) is 18.7 Å². The quantitative estimate of drug-likeness (QED) is 0.543. The molecule has 0 unspecified atom stereocenters. The van der Waals surface area contributed by atoms with Crippen molar-refractivity contribution in [2.24, 2.45) is 0 Å². The molecule has 4 N–H and O–H groups in total. The van der Waals surface area contributed by atoms with E-state index in [4.69, 9.17) is 10.5 Å². The minimum absolute atomic E-state index is 0.0455. The highest BCUT2D eigenvalue weighted by Crippen LogP contribution is 2.36. The van der Waals surface area contributed by atoms with E-state index in [-0.39, 0.29) is 41.4 Å². The minimum Gasteiger partial charge on any atom is -0.383 e. The number of aromatic nitrogens is 2. The van der Waals surface area contributed by atoms with Crippen molar-refractivity contribution in [2.75, 3.05) is 36.2 Å². The van der Waals surface area contributed by atoms with Gasteiger partial charge in [-0.05, 0) is 31.5 Å². The molecule has 1 aromatic carbocycles. The molecule has 172 valence electrons. The van der Waals surface area contributed by atoms with Gasteiger partial charge in [0.25, 0.3) is 11.5 Å². The average molecular weight is 462 g/mol. The van der Waals surface area contributed by atoms with E-state index in [9.17, 15) is 19.2 Å². The van der Waals surface area contributed by atoms with Gasteiger partial charge in [0.15, 0.2) is 5.69 Å². The predicted molar refractivity (Wildman–Crippen MR) is 125 cm³/mol. The van der Waals surface area contributed by atoms with Crippen LogP contribution in [0.15, 0.2) is 32.7 Å². The monoisotopic (exact) mass is 461 g/mol. The van der Waals surface area contributed by atoms with Gasteiger partial charge in [-0.3, -0.25) is 28.8 Å². The van der Waals surface area contributed by atoms with Gasteiger partial charge in [-0.15, -0.1) is 11.8 Å². The second-order valence-electron chi connectivity index (χ2n) is 7.41. The lowest BCUT2D eigenvalue weighted by atomic mass is 10.1. The molecule has 0 bridgehead atoms. The Morgan fingerprint density at radius 3 is 2.75 bits per heavy atom. The zero-order valence-corrected chi connectivity index (χ0v) is 19.1. The number of unbranched alkanes of at least 4 members (excludes halogenated alkanes) is 1. The van der Waals surface area contributed by atoms with Crippen molar-refractivity contribution in [1.82, 2.24) is 9.55 Å². The van der Waals surface area contributed by atoms with Gasteiger partial charge in [0.1, 0.15) is 5.82 Å². The zero-order valence-electron chi connectivity index (χ0n) is 18.3. The number of thioether (sulfide) groups is 1. The van der Waals surface area contributed by atoms with E-state index < -0.39 is 17.2 Å². The first-order valence-electron chi connectivity index (χ1n) is 10.3. The van der Waals surface area contributed by atoms with E-state index in [0.717, 1.165) is 11.3 Å². The first-order chi connectivity index (χ1) is 15.3. The second kappa shape index (κ2) is 10.0. The molecule has 0 spiro atoms. The molecule has 2 amide bonds. The predicted octanol–water partition coefficient (Wildman–Crippen LogP) is 1.64. The lowest BCUT2D eigenvalue weighted by Gasteiger charge is -2.26. The normalized spacial score (nSPS) is 15.2. The van der Waals surface area contributed by atoms with E-state index in [2.05, 4.69) is 10.3 Å². The molecule has 1 atom stereocenters. The summed E-state index contributed by atoms with van der Waals surface area (Å²) in [6.07, 6.45) is 1.51. The highest BCUT2D eigenvalue weighted by atomic mass is 32.2. The lowest BCUT2D eigenvalue weighted by molar-refractivity contribution is -0.115. The van der Waals surface area contributed by atoms with Crippen LogP contribution in [-0.4, -0.2) is 46.9 Å². The van der Waals surface area contributed by atoms with Crippen molar-refractivity contribution in [1.29, 1.82) is 0 Å². The number of methoxy groups -OCH3 is 1. The summed E-state index contributed by atoms with van der Waals surface area (Å²) in [6.45, 7) is 4.28. The van der Waals surface area contributed by atoms with Gasteiger partial charge in [-0.2, -0.15) is 0 Å². The zero-order chi connectivity index (χ0) is 23.4. The number of anilines is 3. The molecule has 0 fully saturated rings. The molecular formula is C21H27N5O5S. The summed E-state index contributed by atoms with van der Waals surface area (Å²) in [7, 11) is 1.48. The summed E-state index contributed by atoms with van der Waals surface area (Å²) in [4.78, 5) is 54.8. The molecule has 3 rings (SSSR count). The Labute approximate surface area is 189 Å². The number of nitrogens with zero attached hydrogens (tertiary/aromatic N) is 2. The maximum absolute atomic E-state index is 13.5. The fraction of sp³-hybridized carbons (Fsp3) is 0.429. The minimum atomic E-state index is -0.750. The van der Waals surface area contributed by atoms with Gasteiger partial charge < -0.3 is 15.8 Å². The molecule has 2 heterocycles. The van der Waals surface area contributed by atoms with Crippen LogP contribution in [0.4, 0.5) is 17.2 Å². The maximum atomic E-state index is 13.5. The number of ether oxygens (including phenoxy) is 1. The molecule has 10 nitrogen and oxygen atoms in total. The molecule has 1 aliphatic rings. The van der Waals surface area contributed by atoms with Crippen molar-refractivity contribution in [3.8, 4) is 0 Å². The number of aromatic amines is 1. The van der Waals surface area contributed by atoms with Crippen LogP contribution in [0.3, 0.4) is 0 Å². The van der Waals surface area contributed by atoms with Crippen LogP contribution in [0.25, 0.3) is 0 Å². The number of nitrogens with two attached hydrogens (primary N) is 1. The largest absolute Gasteiger partial charge is 0.383 e. The number of carbonyl (C=O) groups excluding carboxylic acids is 2. The third kappa shape index (κ3) is 4.73. The molecular weight excluding hydrogens is 434 g/mol. The highest BCUT2D eigenvalue weighted by molar-refractivity contribution is 8.00. The average Bonchev–Trinajstić information content (AvgIpc) is 2.75. The first kappa shape index (κ1) is 23.6. The van der Waals surface area contributed by atoms with Crippen molar-refractivity contribution in [3.63, 3.8) is 0 Å². The molecule has 0 saturated heterocycles. The number of nitrogens with one attached hydrogen (secondary N) is 2. The summed E-state index contributed by atoms with van der Waals surface area (Å²) >= 11 is 1.41. The highest BCUT2D eigenvalue weighted by Gasteiger charge is 2.28. The molecule has 0 aliphatic carbocycles. The van der Waals surface area contributed by atoms with Gasteiger partial charge in [-0.1, -0.05) is 13.3 Å². The Morgan fingerprint density at radius 1 is 1.31 bits per heavy atom. The smallest absolute Gasteiger partial charge is 0.330 e. The third-order valence-corrected chi connectivity index (χ3v) is 6.32. The molecule has 32 heavy (non-hydrogen) atoms. The number of hydrogen-bond acceptors (Lipinski definition) is 7. The standard InChI is InChI=1S/C21H27N5O5S/c1-4-5-8-26-17(22)16(19(28)24-21(26)30)25(9-10-31-3)20(29)13-6-7-15-14(11-13)23-18(27)12(2)32-15/h6-7,11-12H,4-5,8-10,22H2,1-3H3,(H,23,27)(H,24,28,30)/t12-/m1/s1. The van der Waals surface area contributed by atoms with E-state index in [1.54, 1.807) is 25.1 Å². The Hall–Kier alpha value is -3.05. The van der Waals surface area contributed by atoms with Crippen LogP contribution in [0.1, 0.15) is 37.0 Å². The molecule has 1 aromatic heterocycles. The van der Waals surface area contributed by atoms with Gasteiger partial charge in [-0.25, -0.2) is 4.79 Å². The van der Waals surface area contributed by atoms with Crippen molar-refractivity contribution in [3.05, 3.63) is 44.6 Å². The Bertz CT molecular complexity index is 1140. The summed E-state index contributed by atoms with van der Waals surface area (Å²) in [5, 5.41) is 2.56. The van der Waals surface area contributed by atoms with E-state index in [1.165, 1.54) is 28.3 Å². The number of fused-ring (bicyclic) bond motifs is 1. The molecule has 0 saturated carbocycles. The number of nitrogen functional groups attached to an aromatic ring is 1. The number of carbonyl (C=O) groups is 2. The molecule has 1 aliphatic heterocycles. The van der Waals surface area contributed by atoms with Crippen molar-refractivity contribution < 1.29 is 14.3 Å². The number of amides is 2. The van der Waals surface area contributed by atoms with Gasteiger partial charge in [0, 0.05) is 30.7 Å². The van der Waals surface area contributed by atoms with E-state index in [1.807, 2.05) is 6.92 Å². The van der Waals surface area contributed by atoms with Crippen molar-refractivity contribution >= 4 is 40.8 Å². The van der Waals surface area contributed by atoms with Crippen LogP contribution in [0.2, 0.25) is 0 Å². The second-order valence-corrected chi connectivity index (χ2v) is 8.79. The Balaban J connectivity index is 2.05. The third-order valence-electron chi connectivity index (χ3n) is 5.14. The fourth-order valence-electron chi connectivity index (χ4n) is 3.37. The fourth-order valence-corrected chi connectivity index (χ4v) is 4.30. The number of benzene rings is 1. The summed E-state index contributed by atoms with van der Waals surface area (Å²) in [5.74, 6) is -0.722. The Morgan fingerprint density at radius 2 is 2.06 bits per heavy atom. The SMILES string of the molecule is CCCCn1c(N)c(N(CCOC)C(=O)c2ccc3c(c2)NC(=O)[C@@H](C)S3)c(=O)[nH]c1=O. The van der Waals surface area contributed by atoms with Gasteiger partial charge in [0.2, 0.25) is 5.91 Å². The van der Waals surface area contributed by atoms with Crippen LogP contribution >= 0.6 is 11.8 Å². The van der Waals surface area contributed by atoms with Gasteiger partial charge >= 0.3 is 5.69 Å². The number of rotatable bonds is 8. The summed E-state index contributed by atoms with van der Waals surface area (Å²) < 4.78 is 6.38. The molecule has 0 radical (unpaired) electrons. The lowest BCUT2D eigenvalue weighted by Crippen LogP contribution is -2.42. The van der Waals surface area contributed by atoms with Crippen LogP contribution in [-0.2, 0) is 16.1 Å². The van der Waals surface area contributed by atoms with E-state index >= 15 is 0 Å². The van der Waals surface area contributed by atoms with Crippen LogP contribution in [0, 0.1) is 0 Å². The maximum Gasteiger partial charge on any atom is 0.330 e. The summed E-state index contributed by atoms with van der Waals surface area (Å²) in [6, 6.07) is 4.97. The summed E-state index contributed by atoms with van der Waals surface area (Å²) in [5.41, 5.74) is 5.53. The topological polar surface area (TPSA) is 140 Å².